The van der Waals surface area contributed by atoms with Crippen LogP contribution in [0.4, 0.5) is 0 Å². The minimum atomic E-state index is -0.617. The molecule has 1 fully saturated rings. The monoisotopic (exact) mass is 219 g/mol. The SMILES string of the molecule is CC1=CC(C)C=C(C2(O)CCNCC2)C=C1. The van der Waals surface area contributed by atoms with Crippen LogP contribution in [0.1, 0.15) is 26.7 Å². The predicted molar refractivity (Wildman–Crippen MR) is 67.2 cm³/mol. The maximum absolute atomic E-state index is 10.6. The molecule has 1 unspecified atom stereocenters. The Kier molecular flexibility index (Phi) is 3.31. The molecule has 0 saturated carbocycles. The first kappa shape index (κ1) is 11.6. The molecule has 88 valence electrons. The fourth-order valence-electron chi connectivity index (χ4n) is 2.52. The van der Waals surface area contributed by atoms with Gasteiger partial charge in [0, 0.05) is 0 Å². The molecule has 1 atom stereocenters. The molecule has 1 heterocycles. The maximum Gasteiger partial charge on any atom is 0.0917 e. The van der Waals surface area contributed by atoms with E-state index in [1.54, 1.807) is 0 Å². The van der Waals surface area contributed by atoms with Crippen molar-refractivity contribution in [1.82, 2.24) is 5.32 Å². The van der Waals surface area contributed by atoms with Crippen LogP contribution in [0.15, 0.2) is 35.5 Å². The molecule has 2 aliphatic rings. The zero-order chi connectivity index (χ0) is 11.6. The normalized spacial score (nSPS) is 29.3. The van der Waals surface area contributed by atoms with Gasteiger partial charge in [0.1, 0.15) is 0 Å². The van der Waals surface area contributed by atoms with Gasteiger partial charge in [0.2, 0.25) is 0 Å². The number of rotatable bonds is 1. The number of nitrogens with one attached hydrogen (secondary N) is 1. The molecule has 1 aliphatic carbocycles. The van der Waals surface area contributed by atoms with Crippen LogP contribution in [-0.4, -0.2) is 23.8 Å². The molecule has 16 heavy (non-hydrogen) atoms. The molecule has 0 aromatic heterocycles. The topological polar surface area (TPSA) is 32.3 Å². The van der Waals surface area contributed by atoms with Gasteiger partial charge < -0.3 is 10.4 Å². The number of piperidine rings is 1. The molecule has 2 N–H and O–H groups in total. The van der Waals surface area contributed by atoms with E-state index >= 15 is 0 Å². The van der Waals surface area contributed by atoms with Crippen LogP contribution in [0, 0.1) is 5.92 Å². The molecule has 1 saturated heterocycles. The highest BCUT2D eigenvalue weighted by Crippen LogP contribution is 2.30. The molecule has 0 aromatic rings. The van der Waals surface area contributed by atoms with Gasteiger partial charge in [-0.25, -0.2) is 0 Å². The lowest BCUT2D eigenvalue weighted by atomic mass is 9.83. The van der Waals surface area contributed by atoms with Gasteiger partial charge in [0.05, 0.1) is 5.60 Å². The van der Waals surface area contributed by atoms with Crippen molar-refractivity contribution in [3.05, 3.63) is 35.5 Å². The van der Waals surface area contributed by atoms with Crippen LogP contribution in [0.25, 0.3) is 0 Å². The van der Waals surface area contributed by atoms with Crippen molar-refractivity contribution < 1.29 is 5.11 Å². The van der Waals surface area contributed by atoms with E-state index in [2.05, 4.69) is 43.5 Å². The third kappa shape index (κ3) is 2.45. The second-order valence-electron chi connectivity index (χ2n) is 5.01. The van der Waals surface area contributed by atoms with Gasteiger partial charge >= 0.3 is 0 Å². The Balaban J connectivity index is 2.23. The molecule has 0 amide bonds. The van der Waals surface area contributed by atoms with E-state index in [-0.39, 0.29) is 0 Å². The van der Waals surface area contributed by atoms with Crippen molar-refractivity contribution in [3.8, 4) is 0 Å². The highest BCUT2D eigenvalue weighted by atomic mass is 16.3. The summed E-state index contributed by atoms with van der Waals surface area (Å²) >= 11 is 0. The van der Waals surface area contributed by atoms with Crippen molar-refractivity contribution in [1.29, 1.82) is 0 Å². The van der Waals surface area contributed by atoms with Gasteiger partial charge in [-0.15, -0.1) is 0 Å². The third-order valence-electron chi connectivity index (χ3n) is 3.46. The zero-order valence-electron chi connectivity index (χ0n) is 10.2. The van der Waals surface area contributed by atoms with Crippen LogP contribution in [0.2, 0.25) is 0 Å². The number of hydrogen-bond acceptors (Lipinski definition) is 2. The molecule has 2 rings (SSSR count). The summed E-state index contributed by atoms with van der Waals surface area (Å²) in [5.41, 5.74) is 1.75. The minimum absolute atomic E-state index is 0.406. The van der Waals surface area contributed by atoms with Crippen molar-refractivity contribution in [3.63, 3.8) is 0 Å². The average Bonchev–Trinajstić information content (AvgIpc) is 2.41. The lowest BCUT2D eigenvalue weighted by Crippen LogP contribution is -2.43. The van der Waals surface area contributed by atoms with E-state index in [1.165, 1.54) is 5.57 Å². The molecule has 1 aliphatic heterocycles. The van der Waals surface area contributed by atoms with Gasteiger partial charge in [-0.3, -0.25) is 0 Å². The first-order valence-corrected chi connectivity index (χ1v) is 6.12. The van der Waals surface area contributed by atoms with Gasteiger partial charge in [0.25, 0.3) is 0 Å². The Morgan fingerprint density at radius 3 is 2.62 bits per heavy atom. The number of allylic oxidation sites excluding steroid dienone is 4. The van der Waals surface area contributed by atoms with Crippen molar-refractivity contribution in [2.75, 3.05) is 13.1 Å². The Morgan fingerprint density at radius 2 is 1.94 bits per heavy atom. The fourth-order valence-corrected chi connectivity index (χ4v) is 2.52. The minimum Gasteiger partial charge on any atom is -0.385 e. The molecule has 0 spiro atoms. The van der Waals surface area contributed by atoms with Crippen LogP contribution < -0.4 is 5.32 Å². The van der Waals surface area contributed by atoms with Gasteiger partial charge in [0.15, 0.2) is 0 Å². The summed E-state index contributed by atoms with van der Waals surface area (Å²) in [5.74, 6) is 0.406. The van der Waals surface area contributed by atoms with E-state index in [0.29, 0.717) is 5.92 Å². The van der Waals surface area contributed by atoms with Crippen molar-refractivity contribution in [2.24, 2.45) is 5.92 Å². The van der Waals surface area contributed by atoms with E-state index in [1.807, 2.05) is 0 Å². The molecule has 0 aromatic carbocycles. The summed E-state index contributed by atoms with van der Waals surface area (Å²) < 4.78 is 0. The second-order valence-corrected chi connectivity index (χ2v) is 5.01. The van der Waals surface area contributed by atoms with E-state index in [9.17, 15) is 5.11 Å². The number of aliphatic hydroxyl groups is 1. The molecular weight excluding hydrogens is 198 g/mol. The quantitative estimate of drug-likeness (QED) is 0.708. The molecular formula is C14H21NO. The fraction of sp³-hybridized carbons (Fsp3) is 0.571. The summed E-state index contributed by atoms with van der Waals surface area (Å²) in [5, 5.41) is 13.9. The summed E-state index contributed by atoms with van der Waals surface area (Å²) in [4.78, 5) is 0. The van der Waals surface area contributed by atoms with Crippen LogP contribution in [-0.2, 0) is 0 Å². The lowest BCUT2D eigenvalue weighted by Gasteiger charge is -2.34. The highest BCUT2D eigenvalue weighted by molar-refractivity contribution is 5.38. The van der Waals surface area contributed by atoms with Crippen LogP contribution >= 0.6 is 0 Å². The Hall–Kier alpha value is -0.860. The summed E-state index contributed by atoms with van der Waals surface area (Å²) in [7, 11) is 0. The lowest BCUT2D eigenvalue weighted by molar-refractivity contribution is 0.0493. The number of hydrogen-bond donors (Lipinski definition) is 2. The molecule has 0 bridgehead atoms. The largest absolute Gasteiger partial charge is 0.385 e. The summed E-state index contributed by atoms with van der Waals surface area (Å²) in [6.45, 7) is 6.09. The van der Waals surface area contributed by atoms with Crippen LogP contribution in [0.5, 0.6) is 0 Å². The Labute approximate surface area is 97.7 Å². The standard InChI is InChI=1S/C14H21NO/c1-11-3-4-13(10-12(2)9-11)14(16)5-7-15-8-6-14/h3-4,9-10,12,15-16H,5-8H2,1-2H3. The maximum atomic E-state index is 10.6. The first-order valence-electron chi connectivity index (χ1n) is 6.12. The molecule has 0 radical (unpaired) electrons. The van der Waals surface area contributed by atoms with Gasteiger partial charge in [-0.2, -0.15) is 0 Å². The Morgan fingerprint density at radius 1 is 1.25 bits per heavy atom. The van der Waals surface area contributed by atoms with Crippen LogP contribution in [0.3, 0.4) is 0 Å². The highest BCUT2D eigenvalue weighted by Gasteiger charge is 2.32. The van der Waals surface area contributed by atoms with Gasteiger partial charge in [-0.1, -0.05) is 36.8 Å². The summed E-state index contributed by atoms with van der Waals surface area (Å²) in [6, 6.07) is 0. The molecule has 2 heteroatoms. The zero-order valence-corrected chi connectivity index (χ0v) is 10.2. The van der Waals surface area contributed by atoms with Crippen molar-refractivity contribution in [2.45, 2.75) is 32.3 Å². The average molecular weight is 219 g/mol. The summed E-state index contributed by atoms with van der Waals surface area (Å²) in [6.07, 6.45) is 10.2. The second kappa shape index (κ2) is 4.56. The van der Waals surface area contributed by atoms with E-state index in [4.69, 9.17) is 0 Å². The van der Waals surface area contributed by atoms with Crippen molar-refractivity contribution >= 4 is 0 Å². The molecule has 2 nitrogen and oxygen atoms in total. The third-order valence-corrected chi connectivity index (χ3v) is 3.46. The first-order chi connectivity index (χ1) is 7.60. The van der Waals surface area contributed by atoms with E-state index in [0.717, 1.165) is 31.5 Å². The Bertz CT molecular complexity index is 346. The smallest absolute Gasteiger partial charge is 0.0917 e. The predicted octanol–water partition coefficient (Wildman–Crippen LogP) is 2.18. The van der Waals surface area contributed by atoms with Gasteiger partial charge in [-0.05, 0) is 44.3 Å². The van der Waals surface area contributed by atoms with E-state index < -0.39 is 5.60 Å².